The Morgan fingerprint density at radius 2 is 1.70 bits per heavy atom. The summed E-state index contributed by atoms with van der Waals surface area (Å²) in [5.41, 5.74) is 0. The Kier molecular flexibility index (Phi) is 2.33. The van der Waals surface area contributed by atoms with Crippen molar-refractivity contribution < 1.29 is 10.2 Å². The van der Waals surface area contributed by atoms with Gasteiger partial charge in [-0.15, -0.1) is 0 Å². The van der Waals surface area contributed by atoms with Crippen molar-refractivity contribution in [1.82, 2.24) is 0 Å². The van der Waals surface area contributed by atoms with Gasteiger partial charge in [-0.25, -0.2) is 0 Å². The predicted molar refractivity (Wildman–Crippen MR) is 39.7 cm³/mol. The van der Waals surface area contributed by atoms with E-state index in [0.29, 0.717) is 0 Å². The maximum absolute atomic E-state index is 9.10. The van der Waals surface area contributed by atoms with E-state index in [1.165, 1.54) is 0 Å². The third kappa shape index (κ3) is 1.74. The van der Waals surface area contributed by atoms with Gasteiger partial charge in [-0.3, -0.25) is 0 Å². The molecule has 0 unspecified atom stereocenters. The van der Waals surface area contributed by atoms with Gasteiger partial charge in [0.1, 0.15) is 0 Å². The largest absolute Gasteiger partial charge is 0.513 e. The second-order valence-corrected chi connectivity index (χ2v) is 3.00. The smallest absolute Gasteiger partial charge is 0.0881 e. The summed E-state index contributed by atoms with van der Waals surface area (Å²) in [7, 11) is 0. The molecule has 2 heteroatoms. The summed E-state index contributed by atoms with van der Waals surface area (Å²) in [4.78, 5) is 0. The van der Waals surface area contributed by atoms with Gasteiger partial charge in [-0.2, -0.15) is 0 Å². The van der Waals surface area contributed by atoms with E-state index in [1.807, 2.05) is 0 Å². The summed E-state index contributed by atoms with van der Waals surface area (Å²) in [6.45, 7) is 3.48. The Morgan fingerprint density at radius 3 is 2.10 bits per heavy atom. The highest BCUT2D eigenvalue weighted by molar-refractivity contribution is 4.91. The molecule has 0 atom stereocenters. The Bertz CT molecular complexity index is 123. The number of rotatable bonds is 1. The van der Waals surface area contributed by atoms with Gasteiger partial charge in [0.25, 0.3) is 0 Å². The van der Waals surface area contributed by atoms with Crippen LogP contribution in [0.25, 0.3) is 0 Å². The Morgan fingerprint density at radius 1 is 1.20 bits per heavy atom. The van der Waals surface area contributed by atoms with Crippen LogP contribution in [0.1, 0.15) is 25.7 Å². The minimum Gasteiger partial charge on any atom is -0.513 e. The molecule has 0 heterocycles. The van der Waals surface area contributed by atoms with Crippen molar-refractivity contribution >= 4 is 0 Å². The van der Waals surface area contributed by atoms with Crippen molar-refractivity contribution in [3.8, 4) is 0 Å². The van der Waals surface area contributed by atoms with Crippen molar-refractivity contribution in [2.45, 2.75) is 31.8 Å². The summed E-state index contributed by atoms with van der Waals surface area (Å²) in [6.07, 6.45) is 3.25. The lowest BCUT2D eigenvalue weighted by Crippen LogP contribution is -2.18. The molecule has 0 aromatic heterocycles. The van der Waals surface area contributed by atoms with Gasteiger partial charge in [0.15, 0.2) is 0 Å². The average molecular weight is 142 g/mol. The van der Waals surface area contributed by atoms with E-state index in [9.17, 15) is 0 Å². The van der Waals surface area contributed by atoms with Crippen LogP contribution >= 0.6 is 0 Å². The number of allylic oxidation sites excluding steroid dienone is 1. The molecule has 0 saturated heterocycles. The minimum absolute atomic E-state index is 0.143. The molecule has 0 aromatic carbocycles. The fourth-order valence-corrected chi connectivity index (χ4v) is 1.41. The fourth-order valence-electron chi connectivity index (χ4n) is 1.41. The third-order valence-corrected chi connectivity index (χ3v) is 2.17. The predicted octanol–water partition coefficient (Wildman–Crippen LogP) is 1.61. The van der Waals surface area contributed by atoms with E-state index in [1.54, 1.807) is 0 Å². The molecule has 10 heavy (non-hydrogen) atoms. The van der Waals surface area contributed by atoms with Gasteiger partial charge in [0, 0.05) is 5.92 Å². The van der Waals surface area contributed by atoms with Crippen LogP contribution in [0, 0.1) is 5.92 Å². The van der Waals surface area contributed by atoms with Crippen LogP contribution in [0.4, 0.5) is 0 Å². The van der Waals surface area contributed by atoms with E-state index in [0.717, 1.165) is 25.7 Å². The lowest BCUT2D eigenvalue weighted by molar-refractivity contribution is 0.106. The topological polar surface area (TPSA) is 40.5 Å². The molecule has 58 valence electrons. The molecule has 0 radical (unpaired) electrons. The van der Waals surface area contributed by atoms with E-state index >= 15 is 0 Å². The van der Waals surface area contributed by atoms with Crippen LogP contribution in [-0.2, 0) is 0 Å². The molecule has 0 spiro atoms. The van der Waals surface area contributed by atoms with Crippen LogP contribution < -0.4 is 0 Å². The quantitative estimate of drug-likeness (QED) is 0.546. The molecule has 2 N–H and O–H groups in total. The van der Waals surface area contributed by atoms with Gasteiger partial charge in [-0.1, -0.05) is 6.58 Å². The van der Waals surface area contributed by atoms with Crippen LogP contribution in [0.5, 0.6) is 0 Å². The highest BCUT2D eigenvalue weighted by atomic mass is 16.3. The average Bonchev–Trinajstić information content (AvgIpc) is 1.88. The third-order valence-electron chi connectivity index (χ3n) is 2.17. The summed E-state index contributed by atoms with van der Waals surface area (Å²) in [5, 5.41) is 18.1. The molecule has 1 fully saturated rings. The van der Waals surface area contributed by atoms with Crippen LogP contribution in [0.3, 0.4) is 0 Å². The normalized spacial score (nSPS) is 33.7. The molecule has 0 bridgehead atoms. The van der Waals surface area contributed by atoms with Gasteiger partial charge >= 0.3 is 0 Å². The van der Waals surface area contributed by atoms with Gasteiger partial charge < -0.3 is 10.2 Å². The minimum atomic E-state index is -0.143. The molecule has 0 amide bonds. The van der Waals surface area contributed by atoms with Gasteiger partial charge in [0.05, 0.1) is 11.9 Å². The van der Waals surface area contributed by atoms with E-state index in [4.69, 9.17) is 10.2 Å². The molecule has 1 aliphatic rings. The van der Waals surface area contributed by atoms with Crippen molar-refractivity contribution in [2.75, 3.05) is 0 Å². The molecule has 1 aliphatic carbocycles. The Hall–Kier alpha value is -0.500. The lowest BCUT2D eigenvalue weighted by Gasteiger charge is -2.23. The monoisotopic (exact) mass is 142 g/mol. The van der Waals surface area contributed by atoms with E-state index in [2.05, 4.69) is 6.58 Å². The summed E-state index contributed by atoms with van der Waals surface area (Å²) < 4.78 is 0. The Balaban J connectivity index is 2.33. The van der Waals surface area contributed by atoms with Crippen LogP contribution in [0.2, 0.25) is 0 Å². The highest BCUT2D eigenvalue weighted by Gasteiger charge is 2.20. The first kappa shape index (κ1) is 7.61. The highest BCUT2D eigenvalue weighted by Crippen LogP contribution is 2.27. The lowest BCUT2D eigenvalue weighted by atomic mass is 9.87. The van der Waals surface area contributed by atoms with Crippen molar-refractivity contribution in [2.24, 2.45) is 5.92 Å². The number of aliphatic hydroxyl groups excluding tert-OH is 2. The Labute approximate surface area is 61.2 Å². The molecular weight excluding hydrogens is 128 g/mol. The molecule has 2 nitrogen and oxygen atoms in total. The first-order valence-corrected chi connectivity index (χ1v) is 3.76. The second-order valence-electron chi connectivity index (χ2n) is 3.00. The zero-order valence-corrected chi connectivity index (χ0v) is 6.08. The fraction of sp³-hybridized carbons (Fsp3) is 0.750. The SMILES string of the molecule is C=C(O)[C@H]1CC[C@H](O)CC1. The zero-order valence-electron chi connectivity index (χ0n) is 6.08. The first-order chi connectivity index (χ1) is 4.70. The summed E-state index contributed by atoms with van der Waals surface area (Å²) in [6, 6.07) is 0. The van der Waals surface area contributed by atoms with Gasteiger partial charge in [-0.05, 0) is 25.7 Å². The van der Waals surface area contributed by atoms with E-state index in [-0.39, 0.29) is 17.8 Å². The number of aliphatic hydroxyl groups is 2. The maximum Gasteiger partial charge on any atom is 0.0881 e. The van der Waals surface area contributed by atoms with Crippen molar-refractivity contribution in [3.05, 3.63) is 12.3 Å². The zero-order chi connectivity index (χ0) is 7.56. The standard InChI is InChI=1S/C8H14O2/c1-6(9)7-2-4-8(10)5-3-7/h7-10H,1-5H2/t7-,8-. The second kappa shape index (κ2) is 3.06. The van der Waals surface area contributed by atoms with E-state index < -0.39 is 0 Å². The number of hydrogen-bond acceptors (Lipinski definition) is 2. The summed E-state index contributed by atoms with van der Waals surface area (Å²) in [5.74, 6) is 0.523. The van der Waals surface area contributed by atoms with Crippen molar-refractivity contribution in [1.29, 1.82) is 0 Å². The van der Waals surface area contributed by atoms with Crippen LogP contribution in [0.15, 0.2) is 12.3 Å². The number of hydrogen-bond donors (Lipinski definition) is 2. The van der Waals surface area contributed by atoms with Crippen LogP contribution in [-0.4, -0.2) is 16.3 Å². The molecule has 0 aromatic rings. The molecule has 1 rings (SSSR count). The van der Waals surface area contributed by atoms with Crippen molar-refractivity contribution in [3.63, 3.8) is 0 Å². The first-order valence-electron chi connectivity index (χ1n) is 3.76. The summed E-state index contributed by atoms with van der Waals surface area (Å²) >= 11 is 0. The molecule has 0 aliphatic heterocycles. The molecule has 1 saturated carbocycles. The maximum atomic E-state index is 9.10. The molecular formula is C8H14O2. The van der Waals surface area contributed by atoms with Gasteiger partial charge in [0.2, 0.25) is 0 Å².